The van der Waals surface area contributed by atoms with Gasteiger partial charge in [-0.1, -0.05) is 54.2 Å². The lowest BCUT2D eigenvalue weighted by Gasteiger charge is -2.21. The number of rotatable bonds is 6. The van der Waals surface area contributed by atoms with Gasteiger partial charge in [0, 0.05) is 17.8 Å². The smallest absolute Gasteiger partial charge is 0.237 e. The molecule has 3 rings (SSSR count). The van der Waals surface area contributed by atoms with Crippen LogP contribution in [0.15, 0.2) is 59.8 Å². The maximum absolute atomic E-state index is 12.6. The first-order valence-electron chi connectivity index (χ1n) is 8.15. The molecule has 128 valence electrons. The van der Waals surface area contributed by atoms with Crippen molar-refractivity contribution < 1.29 is 4.79 Å². The van der Waals surface area contributed by atoms with Crippen LogP contribution in [0.4, 0.5) is 5.69 Å². The molecule has 0 saturated heterocycles. The summed E-state index contributed by atoms with van der Waals surface area (Å²) in [7, 11) is 0. The van der Waals surface area contributed by atoms with Gasteiger partial charge in [0.25, 0.3) is 0 Å². The van der Waals surface area contributed by atoms with E-state index in [-0.39, 0.29) is 5.91 Å². The van der Waals surface area contributed by atoms with Crippen molar-refractivity contribution in [3.8, 4) is 11.4 Å². The lowest BCUT2D eigenvalue weighted by molar-refractivity contribution is -0.116. The van der Waals surface area contributed by atoms with Crippen molar-refractivity contribution in [2.24, 2.45) is 0 Å². The second-order valence-corrected chi connectivity index (χ2v) is 6.54. The molecule has 0 atom stereocenters. The highest BCUT2D eigenvalue weighted by Gasteiger charge is 2.16. The number of H-pyrrole nitrogens is 1. The van der Waals surface area contributed by atoms with Gasteiger partial charge in [0.15, 0.2) is 5.82 Å². The van der Waals surface area contributed by atoms with Crippen LogP contribution in [0.5, 0.6) is 0 Å². The zero-order chi connectivity index (χ0) is 17.6. The molecule has 0 aliphatic rings. The molecule has 0 aliphatic carbocycles. The number of hydrogen-bond donors (Lipinski definition) is 1. The number of aromatic amines is 1. The van der Waals surface area contributed by atoms with Crippen molar-refractivity contribution in [2.75, 3.05) is 17.2 Å². The molecule has 0 radical (unpaired) electrons. The van der Waals surface area contributed by atoms with E-state index in [1.807, 2.05) is 68.4 Å². The van der Waals surface area contributed by atoms with Crippen LogP contribution in [0.25, 0.3) is 11.4 Å². The Morgan fingerprint density at radius 3 is 2.68 bits per heavy atom. The van der Waals surface area contributed by atoms with Crippen LogP contribution < -0.4 is 4.90 Å². The Balaban J connectivity index is 1.65. The minimum atomic E-state index is 0.0455. The third-order valence-corrected chi connectivity index (χ3v) is 4.60. The molecule has 1 heterocycles. The predicted molar refractivity (Wildman–Crippen MR) is 102 cm³/mol. The van der Waals surface area contributed by atoms with E-state index < -0.39 is 0 Å². The van der Waals surface area contributed by atoms with Crippen molar-refractivity contribution >= 4 is 23.4 Å². The molecule has 0 bridgehead atoms. The van der Waals surface area contributed by atoms with Crippen molar-refractivity contribution in [2.45, 2.75) is 19.0 Å². The summed E-state index contributed by atoms with van der Waals surface area (Å²) in [4.78, 5) is 18.8. The fourth-order valence-corrected chi connectivity index (χ4v) is 3.21. The Labute approximate surface area is 151 Å². The maximum atomic E-state index is 12.6. The van der Waals surface area contributed by atoms with Crippen LogP contribution in [0, 0.1) is 6.92 Å². The first-order chi connectivity index (χ1) is 12.2. The van der Waals surface area contributed by atoms with Crippen LogP contribution in [-0.4, -0.2) is 33.4 Å². The molecule has 1 N–H and O–H groups in total. The van der Waals surface area contributed by atoms with E-state index in [0.29, 0.717) is 23.3 Å². The summed E-state index contributed by atoms with van der Waals surface area (Å²) in [5, 5.41) is 7.69. The van der Waals surface area contributed by atoms with Gasteiger partial charge in [-0.15, -0.1) is 5.10 Å². The number of carbonyl (C=O) groups excluding carboxylic acids is 1. The van der Waals surface area contributed by atoms with E-state index in [2.05, 4.69) is 15.2 Å². The molecular weight excluding hydrogens is 332 g/mol. The van der Waals surface area contributed by atoms with E-state index in [1.54, 1.807) is 4.90 Å². The third kappa shape index (κ3) is 4.28. The van der Waals surface area contributed by atoms with E-state index >= 15 is 0 Å². The summed E-state index contributed by atoms with van der Waals surface area (Å²) in [5.74, 6) is 1.05. The Hall–Kier alpha value is -2.60. The van der Waals surface area contributed by atoms with Gasteiger partial charge in [0.05, 0.1) is 5.75 Å². The molecule has 1 amide bonds. The molecule has 0 fully saturated rings. The SMILES string of the molecule is CCN(C(=O)CSc1n[nH]c(-c2ccccc2)n1)c1cccc(C)c1. The number of amides is 1. The topological polar surface area (TPSA) is 61.9 Å². The Kier molecular flexibility index (Phi) is 5.50. The lowest BCUT2D eigenvalue weighted by Crippen LogP contribution is -2.32. The average Bonchev–Trinajstić information content (AvgIpc) is 3.10. The minimum Gasteiger partial charge on any atom is -0.312 e. The summed E-state index contributed by atoms with van der Waals surface area (Å²) in [6.07, 6.45) is 0. The minimum absolute atomic E-state index is 0.0455. The van der Waals surface area contributed by atoms with Crippen molar-refractivity contribution in [1.29, 1.82) is 0 Å². The highest BCUT2D eigenvalue weighted by atomic mass is 32.2. The lowest BCUT2D eigenvalue weighted by atomic mass is 10.2. The largest absolute Gasteiger partial charge is 0.312 e. The van der Waals surface area contributed by atoms with E-state index in [0.717, 1.165) is 16.8 Å². The maximum Gasteiger partial charge on any atom is 0.237 e. The quantitative estimate of drug-likeness (QED) is 0.683. The van der Waals surface area contributed by atoms with Crippen LogP contribution in [0.2, 0.25) is 0 Å². The molecule has 6 heteroatoms. The molecule has 0 unspecified atom stereocenters. The van der Waals surface area contributed by atoms with Crippen LogP contribution in [0.3, 0.4) is 0 Å². The monoisotopic (exact) mass is 352 g/mol. The number of nitrogens with one attached hydrogen (secondary N) is 1. The van der Waals surface area contributed by atoms with Crippen LogP contribution in [-0.2, 0) is 4.79 Å². The summed E-state index contributed by atoms with van der Waals surface area (Å²) in [6.45, 7) is 4.63. The summed E-state index contributed by atoms with van der Waals surface area (Å²) in [5.41, 5.74) is 3.04. The number of carbonyl (C=O) groups is 1. The first-order valence-corrected chi connectivity index (χ1v) is 9.13. The summed E-state index contributed by atoms with van der Waals surface area (Å²) in [6, 6.07) is 17.8. The zero-order valence-electron chi connectivity index (χ0n) is 14.3. The Bertz CT molecular complexity index is 847. The van der Waals surface area contributed by atoms with Gasteiger partial charge < -0.3 is 4.90 Å². The van der Waals surface area contributed by atoms with Gasteiger partial charge in [-0.3, -0.25) is 9.89 Å². The van der Waals surface area contributed by atoms with Crippen molar-refractivity contribution in [3.05, 3.63) is 60.2 Å². The molecule has 25 heavy (non-hydrogen) atoms. The number of anilines is 1. The summed E-state index contributed by atoms with van der Waals surface area (Å²) < 4.78 is 0. The van der Waals surface area contributed by atoms with E-state index in [1.165, 1.54) is 11.8 Å². The normalized spacial score (nSPS) is 10.6. The number of aryl methyl sites for hydroxylation is 1. The van der Waals surface area contributed by atoms with Gasteiger partial charge in [-0.25, -0.2) is 4.98 Å². The number of nitrogens with zero attached hydrogens (tertiary/aromatic N) is 3. The summed E-state index contributed by atoms with van der Waals surface area (Å²) >= 11 is 1.34. The van der Waals surface area contributed by atoms with Gasteiger partial charge in [0.2, 0.25) is 11.1 Å². The fraction of sp³-hybridized carbons (Fsp3) is 0.211. The second kappa shape index (κ2) is 7.98. The van der Waals surface area contributed by atoms with Gasteiger partial charge in [-0.05, 0) is 31.5 Å². The van der Waals surface area contributed by atoms with Crippen LogP contribution in [0.1, 0.15) is 12.5 Å². The standard InChI is InChI=1S/C19H20N4OS/c1-3-23(16-11-7-8-14(2)12-16)17(24)13-25-19-20-18(21-22-19)15-9-5-4-6-10-15/h4-12H,3,13H2,1-2H3,(H,20,21,22). The predicted octanol–water partition coefficient (Wildman–Crippen LogP) is 3.93. The third-order valence-electron chi connectivity index (χ3n) is 3.77. The first kappa shape index (κ1) is 17.2. The fourth-order valence-electron chi connectivity index (χ4n) is 2.54. The van der Waals surface area contributed by atoms with Crippen molar-refractivity contribution in [3.63, 3.8) is 0 Å². The highest BCUT2D eigenvalue weighted by Crippen LogP contribution is 2.21. The molecule has 5 nitrogen and oxygen atoms in total. The van der Waals surface area contributed by atoms with E-state index in [4.69, 9.17) is 0 Å². The number of aromatic nitrogens is 3. The molecule has 3 aromatic rings. The van der Waals surface area contributed by atoms with Gasteiger partial charge in [-0.2, -0.15) is 0 Å². The molecule has 2 aromatic carbocycles. The number of hydrogen-bond acceptors (Lipinski definition) is 4. The van der Waals surface area contributed by atoms with Gasteiger partial charge in [0.1, 0.15) is 0 Å². The van der Waals surface area contributed by atoms with Gasteiger partial charge >= 0.3 is 0 Å². The Morgan fingerprint density at radius 2 is 1.96 bits per heavy atom. The molecule has 1 aromatic heterocycles. The van der Waals surface area contributed by atoms with E-state index in [9.17, 15) is 4.79 Å². The molecule has 0 aliphatic heterocycles. The van der Waals surface area contributed by atoms with Crippen molar-refractivity contribution in [1.82, 2.24) is 15.2 Å². The molecular formula is C19H20N4OS. The molecule has 0 spiro atoms. The Morgan fingerprint density at radius 1 is 1.16 bits per heavy atom. The highest BCUT2D eigenvalue weighted by molar-refractivity contribution is 7.99. The number of thioether (sulfide) groups is 1. The second-order valence-electron chi connectivity index (χ2n) is 5.60. The molecule has 0 saturated carbocycles. The average molecular weight is 352 g/mol. The number of benzene rings is 2. The van der Waals surface area contributed by atoms with Crippen LogP contribution >= 0.6 is 11.8 Å². The zero-order valence-corrected chi connectivity index (χ0v) is 15.1.